The number of hydrogen-bond donors (Lipinski definition) is 2. The first-order chi connectivity index (χ1) is 13.2. The van der Waals surface area contributed by atoms with Crippen molar-refractivity contribution in [1.29, 1.82) is 0 Å². The molecule has 170 valence electrons. The Labute approximate surface area is 177 Å². The normalized spacial score (nSPS) is 39.4. The van der Waals surface area contributed by atoms with E-state index in [0.29, 0.717) is 38.8 Å². The van der Waals surface area contributed by atoms with Crippen molar-refractivity contribution in [2.45, 2.75) is 78.9 Å². The van der Waals surface area contributed by atoms with Gasteiger partial charge in [0.05, 0.1) is 37.6 Å². The van der Waals surface area contributed by atoms with Crippen LogP contribution in [0.1, 0.15) is 67.7 Å². The predicted molar refractivity (Wildman–Crippen MR) is 114 cm³/mol. The van der Waals surface area contributed by atoms with Crippen molar-refractivity contribution in [3.05, 3.63) is 0 Å². The summed E-state index contributed by atoms with van der Waals surface area (Å²) in [5, 5.41) is 23.4. The van der Waals surface area contributed by atoms with Crippen LogP contribution < -0.4 is 0 Å². The highest BCUT2D eigenvalue weighted by molar-refractivity contribution is 5.08. The van der Waals surface area contributed by atoms with Crippen LogP contribution in [-0.4, -0.2) is 61.1 Å². The van der Waals surface area contributed by atoms with Gasteiger partial charge in [-0.1, -0.05) is 48.5 Å². The van der Waals surface area contributed by atoms with Gasteiger partial charge in [0.1, 0.15) is 0 Å². The maximum atomic E-state index is 11.9. The smallest absolute Gasteiger partial charge is 0.0980 e. The van der Waals surface area contributed by atoms with Crippen LogP contribution in [0.3, 0.4) is 0 Å². The summed E-state index contributed by atoms with van der Waals surface area (Å²) in [4.78, 5) is 0. The van der Waals surface area contributed by atoms with Crippen molar-refractivity contribution in [3.63, 3.8) is 0 Å². The predicted octanol–water partition coefficient (Wildman–Crippen LogP) is 3.66. The van der Waals surface area contributed by atoms with Crippen LogP contribution >= 0.6 is 0 Å². The Bertz CT molecular complexity index is 574. The third kappa shape index (κ3) is 4.15. The Kier molecular flexibility index (Phi) is 6.26. The summed E-state index contributed by atoms with van der Waals surface area (Å²) in [6.45, 7) is 18.7. The molecule has 4 unspecified atom stereocenters. The van der Waals surface area contributed by atoms with Crippen LogP contribution in [0.25, 0.3) is 0 Å². The molecule has 29 heavy (non-hydrogen) atoms. The molecule has 0 aromatic heterocycles. The van der Waals surface area contributed by atoms with Gasteiger partial charge >= 0.3 is 0 Å². The summed E-state index contributed by atoms with van der Waals surface area (Å²) < 4.78 is 17.3. The summed E-state index contributed by atoms with van der Waals surface area (Å²) in [6.07, 6.45) is 2.73. The highest BCUT2D eigenvalue weighted by Gasteiger charge is 2.58. The third-order valence-corrected chi connectivity index (χ3v) is 8.67. The van der Waals surface area contributed by atoms with E-state index in [1.807, 2.05) is 0 Å². The zero-order chi connectivity index (χ0) is 21.7. The van der Waals surface area contributed by atoms with E-state index in [0.717, 1.165) is 26.1 Å². The molecule has 3 saturated heterocycles. The lowest BCUT2D eigenvalue weighted by Gasteiger charge is -2.49. The van der Waals surface area contributed by atoms with E-state index in [1.165, 1.54) is 0 Å². The lowest BCUT2D eigenvalue weighted by atomic mass is 9.58. The summed E-state index contributed by atoms with van der Waals surface area (Å²) in [5.41, 5.74) is -2.36. The Balaban J connectivity index is 1.77. The average molecular weight is 413 g/mol. The van der Waals surface area contributed by atoms with Crippen molar-refractivity contribution in [3.8, 4) is 0 Å². The molecule has 0 aliphatic carbocycles. The lowest BCUT2D eigenvalue weighted by molar-refractivity contribution is -0.138. The van der Waals surface area contributed by atoms with Gasteiger partial charge in [0, 0.05) is 25.0 Å². The Morgan fingerprint density at radius 1 is 0.759 bits per heavy atom. The van der Waals surface area contributed by atoms with Crippen molar-refractivity contribution in [2.75, 3.05) is 39.6 Å². The van der Waals surface area contributed by atoms with E-state index in [1.54, 1.807) is 0 Å². The summed E-state index contributed by atoms with van der Waals surface area (Å²) >= 11 is 0. The van der Waals surface area contributed by atoms with Crippen molar-refractivity contribution < 1.29 is 24.4 Å². The highest BCUT2D eigenvalue weighted by Crippen LogP contribution is 2.53. The first kappa shape index (κ1) is 23.5. The molecule has 5 nitrogen and oxygen atoms in total. The maximum Gasteiger partial charge on any atom is 0.0980 e. The molecule has 0 amide bonds. The molecule has 2 N–H and O–H groups in total. The second kappa shape index (κ2) is 7.74. The molecule has 0 aromatic carbocycles. The first-order valence-corrected chi connectivity index (χ1v) is 11.4. The van der Waals surface area contributed by atoms with Crippen molar-refractivity contribution in [2.24, 2.45) is 34.0 Å². The average Bonchev–Trinajstić information content (AvgIpc) is 3.30. The van der Waals surface area contributed by atoms with Crippen LogP contribution in [0.4, 0.5) is 0 Å². The Hall–Kier alpha value is -0.200. The molecule has 0 bridgehead atoms. The van der Waals surface area contributed by atoms with Crippen LogP contribution in [0.2, 0.25) is 0 Å². The SMILES string of the molecule is CC(C)(CC1COCC1(O)C(C)(C)CC1COC[C@@]1(O)C(C)(C)C)C1CCOC1. The molecule has 0 aromatic rings. The van der Waals surface area contributed by atoms with E-state index in [9.17, 15) is 10.2 Å². The van der Waals surface area contributed by atoms with E-state index in [2.05, 4.69) is 48.5 Å². The third-order valence-electron chi connectivity index (χ3n) is 8.67. The van der Waals surface area contributed by atoms with Crippen molar-refractivity contribution in [1.82, 2.24) is 0 Å². The van der Waals surface area contributed by atoms with Crippen LogP contribution in [0, 0.1) is 34.0 Å². The minimum atomic E-state index is -0.912. The fourth-order valence-corrected chi connectivity index (χ4v) is 6.00. The van der Waals surface area contributed by atoms with Gasteiger partial charge in [0.2, 0.25) is 0 Å². The molecular formula is C24H44O5. The van der Waals surface area contributed by atoms with E-state index in [-0.39, 0.29) is 22.7 Å². The van der Waals surface area contributed by atoms with Crippen LogP contribution in [-0.2, 0) is 14.2 Å². The van der Waals surface area contributed by atoms with Gasteiger partial charge in [0.15, 0.2) is 0 Å². The van der Waals surface area contributed by atoms with Crippen LogP contribution in [0.15, 0.2) is 0 Å². The fraction of sp³-hybridized carbons (Fsp3) is 1.00. The molecule has 0 saturated carbocycles. The van der Waals surface area contributed by atoms with E-state index < -0.39 is 16.6 Å². The van der Waals surface area contributed by atoms with Gasteiger partial charge in [-0.2, -0.15) is 0 Å². The number of hydrogen-bond acceptors (Lipinski definition) is 5. The Morgan fingerprint density at radius 2 is 1.31 bits per heavy atom. The molecule has 3 rings (SSSR count). The summed E-state index contributed by atoms with van der Waals surface area (Å²) in [7, 11) is 0. The second-order valence-corrected chi connectivity index (χ2v) is 12.4. The zero-order valence-electron chi connectivity index (χ0n) is 19.7. The van der Waals surface area contributed by atoms with Gasteiger partial charge in [-0.3, -0.25) is 0 Å². The number of ether oxygens (including phenoxy) is 3. The van der Waals surface area contributed by atoms with Gasteiger partial charge < -0.3 is 24.4 Å². The molecular weight excluding hydrogens is 368 g/mol. The van der Waals surface area contributed by atoms with Crippen molar-refractivity contribution >= 4 is 0 Å². The van der Waals surface area contributed by atoms with Gasteiger partial charge in [-0.25, -0.2) is 0 Å². The maximum absolute atomic E-state index is 11.9. The first-order valence-electron chi connectivity index (χ1n) is 11.4. The summed E-state index contributed by atoms with van der Waals surface area (Å²) in [5.74, 6) is 0.613. The molecule has 3 aliphatic rings. The fourth-order valence-electron chi connectivity index (χ4n) is 6.00. The largest absolute Gasteiger partial charge is 0.387 e. The second-order valence-electron chi connectivity index (χ2n) is 12.4. The number of aliphatic hydroxyl groups is 2. The zero-order valence-corrected chi connectivity index (χ0v) is 19.7. The standard InChI is InChI=1S/C24H44O5/c1-20(2,3)23(25)15-28-14-19(23)11-22(6,7)24(26)16-29-13-18(24)10-21(4,5)17-8-9-27-12-17/h17-19,25-26H,8-16H2,1-7H3/t17?,18?,19?,23-,24?/m0/s1. The molecule has 5 heteroatoms. The lowest BCUT2D eigenvalue weighted by Crippen LogP contribution is -2.56. The molecule has 0 spiro atoms. The quantitative estimate of drug-likeness (QED) is 0.697. The monoisotopic (exact) mass is 412 g/mol. The minimum absolute atomic E-state index is 0.000910. The topological polar surface area (TPSA) is 68.2 Å². The van der Waals surface area contributed by atoms with E-state index >= 15 is 0 Å². The van der Waals surface area contributed by atoms with Crippen LogP contribution in [0.5, 0.6) is 0 Å². The van der Waals surface area contributed by atoms with Gasteiger partial charge in [-0.15, -0.1) is 0 Å². The summed E-state index contributed by atoms with van der Waals surface area (Å²) in [6, 6.07) is 0. The molecule has 3 heterocycles. The number of rotatable bonds is 6. The minimum Gasteiger partial charge on any atom is -0.387 e. The highest BCUT2D eigenvalue weighted by atomic mass is 16.5. The van der Waals surface area contributed by atoms with Gasteiger partial charge in [0.25, 0.3) is 0 Å². The van der Waals surface area contributed by atoms with Gasteiger partial charge in [-0.05, 0) is 41.4 Å². The molecule has 5 atom stereocenters. The molecule has 0 radical (unpaired) electrons. The molecule has 3 fully saturated rings. The van der Waals surface area contributed by atoms with E-state index in [4.69, 9.17) is 14.2 Å². The Morgan fingerprint density at radius 3 is 1.83 bits per heavy atom. The molecule has 3 aliphatic heterocycles.